The summed E-state index contributed by atoms with van der Waals surface area (Å²) in [5, 5.41) is 18.9. The van der Waals surface area contributed by atoms with Gasteiger partial charge in [0.15, 0.2) is 29.6 Å². The number of imidazole rings is 1. The van der Waals surface area contributed by atoms with Crippen LogP contribution in [0.2, 0.25) is 0 Å². The van der Waals surface area contributed by atoms with E-state index >= 15 is 0 Å². The molecule has 108 valence electrons. The second kappa shape index (κ2) is 4.31. The maximum absolute atomic E-state index is 14.2. The summed E-state index contributed by atoms with van der Waals surface area (Å²) in [6, 6.07) is 0. The van der Waals surface area contributed by atoms with Crippen LogP contribution in [0.1, 0.15) is 6.23 Å². The molecule has 10 heteroatoms. The van der Waals surface area contributed by atoms with Crippen molar-refractivity contribution in [2.24, 2.45) is 5.73 Å². The number of aliphatic hydroxyl groups excluding tert-OH is 2. The number of fused-ring (bicyclic) bond motifs is 1. The minimum atomic E-state index is -1.88. The van der Waals surface area contributed by atoms with E-state index in [-0.39, 0.29) is 17.0 Å². The van der Waals surface area contributed by atoms with Crippen molar-refractivity contribution >= 4 is 17.0 Å². The van der Waals surface area contributed by atoms with E-state index in [1.807, 2.05) is 0 Å². The fourth-order valence-corrected chi connectivity index (χ4v) is 2.18. The molecular weight excluding hydrogens is 271 g/mol. The van der Waals surface area contributed by atoms with E-state index in [9.17, 15) is 9.50 Å². The smallest absolute Gasteiger partial charge is 0.175 e. The molecule has 3 heterocycles. The van der Waals surface area contributed by atoms with E-state index in [2.05, 4.69) is 15.0 Å². The fraction of sp³-hybridized carbons (Fsp3) is 0.500. The van der Waals surface area contributed by atoms with Crippen LogP contribution in [0.5, 0.6) is 0 Å². The van der Waals surface area contributed by atoms with Crippen molar-refractivity contribution in [3.63, 3.8) is 0 Å². The van der Waals surface area contributed by atoms with Gasteiger partial charge in [0.05, 0.1) is 12.9 Å². The van der Waals surface area contributed by atoms with Crippen molar-refractivity contribution in [3.8, 4) is 0 Å². The molecule has 0 aliphatic carbocycles. The molecule has 2 aromatic rings. The molecule has 20 heavy (non-hydrogen) atoms. The maximum atomic E-state index is 14.2. The van der Waals surface area contributed by atoms with Gasteiger partial charge in [-0.2, -0.15) is 0 Å². The van der Waals surface area contributed by atoms with Crippen LogP contribution in [-0.4, -0.2) is 54.3 Å². The van der Waals surface area contributed by atoms with E-state index in [1.165, 1.54) is 17.2 Å². The molecule has 1 aliphatic rings. The van der Waals surface area contributed by atoms with Crippen LogP contribution in [0.4, 0.5) is 10.2 Å². The van der Waals surface area contributed by atoms with E-state index < -0.39 is 30.8 Å². The van der Waals surface area contributed by atoms with Crippen molar-refractivity contribution in [2.75, 3.05) is 12.3 Å². The predicted molar refractivity (Wildman–Crippen MR) is 64.8 cm³/mol. The first kappa shape index (κ1) is 13.1. The van der Waals surface area contributed by atoms with Crippen molar-refractivity contribution in [1.29, 1.82) is 0 Å². The van der Waals surface area contributed by atoms with E-state index in [0.717, 1.165) is 0 Å². The second-order valence-corrected chi connectivity index (χ2v) is 4.59. The molecule has 0 unspecified atom stereocenters. The minimum absolute atomic E-state index is 0.142. The van der Waals surface area contributed by atoms with Gasteiger partial charge in [-0.1, -0.05) is 0 Å². The molecule has 4 atom stereocenters. The minimum Gasteiger partial charge on any atom is -0.392 e. The number of nitrogens with zero attached hydrogens (tertiary/aromatic N) is 4. The van der Waals surface area contributed by atoms with Gasteiger partial charge in [0.1, 0.15) is 17.9 Å². The van der Waals surface area contributed by atoms with Crippen LogP contribution < -0.4 is 11.5 Å². The second-order valence-electron chi connectivity index (χ2n) is 4.59. The molecule has 6 N–H and O–H groups in total. The summed E-state index contributed by atoms with van der Waals surface area (Å²) >= 11 is 0. The number of anilines is 1. The zero-order valence-electron chi connectivity index (χ0n) is 10.2. The number of nitrogen functional groups attached to an aromatic ring is 1. The lowest BCUT2D eigenvalue weighted by atomic mass is 10.1. The fourth-order valence-electron chi connectivity index (χ4n) is 2.18. The first-order chi connectivity index (χ1) is 9.48. The molecule has 0 bridgehead atoms. The predicted octanol–water partition coefficient (Wildman–Crippen LogP) is -1.72. The van der Waals surface area contributed by atoms with E-state index in [0.29, 0.717) is 0 Å². The van der Waals surface area contributed by atoms with Gasteiger partial charge < -0.3 is 20.7 Å². The Bertz CT molecular complexity index is 651. The average Bonchev–Trinajstić information content (AvgIpc) is 2.96. The van der Waals surface area contributed by atoms with Crippen molar-refractivity contribution < 1.29 is 19.3 Å². The Morgan fingerprint density at radius 2 is 2.20 bits per heavy atom. The molecule has 1 saturated heterocycles. The van der Waals surface area contributed by atoms with Crippen LogP contribution in [-0.2, 0) is 4.74 Å². The maximum Gasteiger partial charge on any atom is 0.175 e. The van der Waals surface area contributed by atoms with Crippen LogP contribution in [0.3, 0.4) is 0 Å². The van der Waals surface area contributed by atoms with Gasteiger partial charge in [-0.15, -0.1) is 0 Å². The van der Waals surface area contributed by atoms with Crippen LogP contribution in [0, 0.1) is 0 Å². The number of aliphatic hydroxyl groups is 2. The summed E-state index contributed by atoms with van der Waals surface area (Å²) < 4.78 is 20.7. The first-order valence-electron chi connectivity index (χ1n) is 5.80. The molecule has 0 amide bonds. The van der Waals surface area contributed by atoms with Gasteiger partial charge in [-0.05, 0) is 0 Å². The summed E-state index contributed by atoms with van der Waals surface area (Å²) in [6.07, 6.45) is -2.31. The van der Waals surface area contributed by atoms with Crippen LogP contribution in [0.25, 0.3) is 11.2 Å². The van der Waals surface area contributed by atoms with Gasteiger partial charge in [-0.3, -0.25) is 10.3 Å². The highest BCUT2D eigenvalue weighted by Crippen LogP contribution is 2.37. The number of aromatic nitrogens is 4. The molecule has 3 rings (SSSR count). The number of alkyl halides is 1. The third kappa shape index (κ3) is 1.66. The number of halogens is 1. The Morgan fingerprint density at radius 3 is 2.85 bits per heavy atom. The zero-order chi connectivity index (χ0) is 14.5. The Balaban J connectivity index is 2.06. The topological polar surface area (TPSA) is 145 Å². The van der Waals surface area contributed by atoms with E-state index in [4.69, 9.17) is 21.3 Å². The van der Waals surface area contributed by atoms with Crippen molar-refractivity contribution in [2.45, 2.75) is 24.2 Å². The monoisotopic (exact) mass is 284 g/mol. The number of hydrogen-bond acceptors (Lipinski definition) is 8. The first-order valence-corrected chi connectivity index (χ1v) is 5.80. The quantitative estimate of drug-likeness (QED) is 0.509. The molecular formula is C10H13FN6O3. The summed E-state index contributed by atoms with van der Waals surface area (Å²) in [7, 11) is 0. The van der Waals surface area contributed by atoms with Crippen LogP contribution in [0.15, 0.2) is 12.7 Å². The number of ether oxygens (including phenoxy) is 1. The summed E-state index contributed by atoms with van der Waals surface area (Å²) in [5.74, 6) is 0.142. The molecule has 1 fully saturated rings. The Hall–Kier alpha value is -1.88. The number of nitrogens with two attached hydrogens (primary N) is 2. The third-order valence-corrected chi connectivity index (χ3v) is 3.32. The van der Waals surface area contributed by atoms with Gasteiger partial charge >= 0.3 is 0 Å². The average molecular weight is 284 g/mol. The van der Waals surface area contributed by atoms with E-state index in [1.54, 1.807) is 0 Å². The zero-order valence-corrected chi connectivity index (χ0v) is 10.2. The third-order valence-electron chi connectivity index (χ3n) is 3.32. The molecule has 0 spiro atoms. The Kier molecular flexibility index (Phi) is 2.83. The highest BCUT2D eigenvalue weighted by molar-refractivity contribution is 5.81. The van der Waals surface area contributed by atoms with Crippen LogP contribution >= 0.6 is 0 Å². The molecule has 1 aliphatic heterocycles. The largest absolute Gasteiger partial charge is 0.392 e. The lowest BCUT2D eigenvalue weighted by molar-refractivity contribution is -0.123. The molecule has 0 aromatic carbocycles. The van der Waals surface area contributed by atoms with Gasteiger partial charge in [0.2, 0.25) is 0 Å². The van der Waals surface area contributed by atoms with Crippen molar-refractivity contribution in [3.05, 3.63) is 12.7 Å². The molecule has 9 nitrogen and oxygen atoms in total. The highest BCUT2D eigenvalue weighted by Gasteiger charge is 2.54. The van der Waals surface area contributed by atoms with Crippen molar-refractivity contribution in [1.82, 2.24) is 19.5 Å². The summed E-state index contributed by atoms with van der Waals surface area (Å²) in [6.45, 7) is -0.727. The number of hydrogen-bond donors (Lipinski definition) is 4. The standard InChI is InChI=1S/C10H13FN6O3/c11-4-6(19)10(13,1-18)20-9(4)17-3-16-5-7(12)14-2-15-8(5)17/h2-4,6,9,18-19H,1,13H2,(H2,12,14,15)/t4-,6+,9-,10-/m1/s1. The van der Waals surface area contributed by atoms with Gasteiger partial charge in [-0.25, -0.2) is 19.3 Å². The SMILES string of the molecule is Nc1ncnc2c1ncn2[C@@H]1O[C@](N)(CO)[C@@H](O)[C@H]1F. The molecule has 0 radical (unpaired) electrons. The molecule has 0 saturated carbocycles. The summed E-state index contributed by atoms with van der Waals surface area (Å²) in [5.41, 5.74) is 9.91. The Morgan fingerprint density at radius 1 is 1.45 bits per heavy atom. The van der Waals surface area contributed by atoms with Gasteiger partial charge in [0, 0.05) is 0 Å². The lowest BCUT2D eigenvalue weighted by Crippen LogP contribution is -2.53. The summed E-state index contributed by atoms with van der Waals surface area (Å²) in [4.78, 5) is 11.7. The normalized spacial score (nSPS) is 33.9. The highest BCUT2D eigenvalue weighted by atomic mass is 19.1. The Labute approximate surface area is 112 Å². The van der Waals surface area contributed by atoms with Gasteiger partial charge in [0.25, 0.3) is 0 Å². The molecule has 2 aromatic heterocycles. The number of rotatable bonds is 2. The lowest BCUT2D eigenvalue weighted by Gasteiger charge is -2.24.